The fraction of sp³-hybridized carbons (Fsp3) is 0.286. The highest BCUT2D eigenvalue weighted by atomic mass is 32.1. The maximum atomic E-state index is 12.8. The highest BCUT2D eigenvalue weighted by Crippen LogP contribution is 2.22. The molecule has 0 unspecified atom stereocenters. The van der Waals surface area contributed by atoms with Gasteiger partial charge >= 0.3 is 0 Å². The van der Waals surface area contributed by atoms with Gasteiger partial charge in [-0.2, -0.15) is 0 Å². The number of pyridine rings is 1. The molecule has 3 aromatic rings. The normalized spacial score (nSPS) is 14.5. The van der Waals surface area contributed by atoms with Crippen molar-refractivity contribution in [2.45, 2.75) is 19.8 Å². The third kappa shape index (κ3) is 4.30. The van der Waals surface area contributed by atoms with E-state index in [1.54, 1.807) is 22.5 Å². The number of anilines is 1. The van der Waals surface area contributed by atoms with Crippen LogP contribution < -0.4 is 10.9 Å². The zero-order valence-electron chi connectivity index (χ0n) is 16.4. The minimum atomic E-state index is -0.407. The molecule has 1 fully saturated rings. The number of piperidine rings is 1. The zero-order chi connectivity index (χ0) is 21.1. The van der Waals surface area contributed by atoms with E-state index in [2.05, 4.69) is 20.5 Å². The van der Waals surface area contributed by atoms with Gasteiger partial charge in [0.15, 0.2) is 0 Å². The first-order chi connectivity index (χ1) is 14.5. The summed E-state index contributed by atoms with van der Waals surface area (Å²) in [5, 5.41) is 10.7. The second-order valence-electron chi connectivity index (χ2n) is 7.28. The lowest BCUT2D eigenvalue weighted by Gasteiger charge is -2.31. The molecule has 0 spiro atoms. The number of rotatable bonds is 4. The van der Waals surface area contributed by atoms with E-state index in [1.165, 1.54) is 11.3 Å². The van der Waals surface area contributed by atoms with Gasteiger partial charge in [-0.05, 0) is 43.5 Å². The molecule has 8 nitrogen and oxygen atoms in total. The van der Waals surface area contributed by atoms with E-state index in [0.29, 0.717) is 36.8 Å². The Hall–Kier alpha value is -3.33. The van der Waals surface area contributed by atoms with E-state index in [4.69, 9.17) is 0 Å². The Balaban J connectivity index is 1.40. The van der Waals surface area contributed by atoms with Crippen LogP contribution in [0.2, 0.25) is 0 Å². The first kappa shape index (κ1) is 20.0. The minimum Gasteiger partial charge on any atom is -0.338 e. The summed E-state index contributed by atoms with van der Waals surface area (Å²) in [6.45, 7) is 2.83. The average Bonchev–Trinajstić information content (AvgIpc) is 3.26. The maximum Gasteiger partial charge on any atom is 0.261 e. The Morgan fingerprint density at radius 1 is 1.20 bits per heavy atom. The monoisotopic (exact) mass is 423 g/mol. The zero-order valence-corrected chi connectivity index (χ0v) is 17.2. The second-order valence-corrected chi connectivity index (χ2v) is 8.12. The first-order valence-corrected chi connectivity index (χ1v) is 10.6. The second kappa shape index (κ2) is 8.58. The van der Waals surface area contributed by atoms with Crippen LogP contribution in [0, 0.1) is 12.8 Å². The number of aromatic nitrogens is 3. The van der Waals surface area contributed by atoms with Gasteiger partial charge < -0.3 is 15.2 Å². The van der Waals surface area contributed by atoms with Crippen molar-refractivity contribution in [2.24, 2.45) is 5.92 Å². The van der Waals surface area contributed by atoms with E-state index >= 15 is 0 Å². The maximum absolute atomic E-state index is 12.8. The summed E-state index contributed by atoms with van der Waals surface area (Å²) in [5.74, 6) is -0.617. The molecular formula is C21H21N5O3S. The number of aryl methyl sites for hydroxylation is 1. The van der Waals surface area contributed by atoms with Crippen LogP contribution in [0.5, 0.6) is 0 Å². The quantitative estimate of drug-likeness (QED) is 0.671. The summed E-state index contributed by atoms with van der Waals surface area (Å²) in [7, 11) is 0. The lowest BCUT2D eigenvalue weighted by Crippen LogP contribution is -2.43. The van der Waals surface area contributed by atoms with Crippen molar-refractivity contribution < 1.29 is 9.59 Å². The van der Waals surface area contributed by atoms with Crippen LogP contribution in [0.1, 0.15) is 28.8 Å². The van der Waals surface area contributed by atoms with Gasteiger partial charge in [0.2, 0.25) is 11.0 Å². The number of nitrogens with one attached hydrogen (secondary N) is 2. The van der Waals surface area contributed by atoms with Crippen LogP contribution in [0.3, 0.4) is 0 Å². The van der Waals surface area contributed by atoms with Crippen LogP contribution in [0.25, 0.3) is 11.3 Å². The highest BCUT2D eigenvalue weighted by molar-refractivity contribution is 7.13. The molecule has 9 heteroatoms. The van der Waals surface area contributed by atoms with E-state index in [0.717, 1.165) is 11.1 Å². The molecule has 0 radical (unpaired) electrons. The predicted molar refractivity (Wildman–Crippen MR) is 114 cm³/mol. The molecule has 0 aliphatic carbocycles. The fourth-order valence-electron chi connectivity index (χ4n) is 3.57. The van der Waals surface area contributed by atoms with Gasteiger partial charge in [-0.1, -0.05) is 35.1 Å². The van der Waals surface area contributed by atoms with E-state index in [-0.39, 0.29) is 23.3 Å². The van der Waals surface area contributed by atoms with Gasteiger partial charge in [0, 0.05) is 24.7 Å². The first-order valence-electron chi connectivity index (χ1n) is 9.68. The topological polar surface area (TPSA) is 108 Å². The van der Waals surface area contributed by atoms with Crippen molar-refractivity contribution >= 4 is 28.3 Å². The largest absolute Gasteiger partial charge is 0.338 e. The molecule has 154 valence electrons. The molecule has 0 bridgehead atoms. The van der Waals surface area contributed by atoms with Crippen LogP contribution in [0.4, 0.5) is 5.13 Å². The number of carbonyl (C=O) groups excluding carboxylic acids is 2. The molecule has 4 rings (SSSR count). The Bertz CT molecular complexity index is 1120. The minimum absolute atomic E-state index is 0.112. The molecule has 0 atom stereocenters. The van der Waals surface area contributed by atoms with Crippen molar-refractivity contribution in [1.29, 1.82) is 0 Å². The lowest BCUT2D eigenvalue weighted by atomic mass is 9.95. The number of hydrogen-bond donors (Lipinski definition) is 2. The molecule has 2 amide bonds. The molecule has 1 saturated heterocycles. The summed E-state index contributed by atoms with van der Waals surface area (Å²) in [6, 6.07) is 11.1. The summed E-state index contributed by atoms with van der Waals surface area (Å²) in [5.41, 5.74) is 3.92. The van der Waals surface area contributed by atoms with Crippen molar-refractivity contribution in [1.82, 2.24) is 20.1 Å². The molecule has 1 aliphatic rings. The van der Waals surface area contributed by atoms with Crippen molar-refractivity contribution in [3.63, 3.8) is 0 Å². The summed E-state index contributed by atoms with van der Waals surface area (Å²) in [6.07, 6.45) is 1.07. The SMILES string of the molecule is Cc1cccc(-c2ccc(C(=O)N3CCC(C(=O)Nc4nncs4)CC3)c(=O)[nH]2)c1. The van der Waals surface area contributed by atoms with Gasteiger partial charge in [0.25, 0.3) is 11.5 Å². The molecule has 2 aromatic heterocycles. The van der Waals surface area contributed by atoms with Crippen LogP contribution in [-0.2, 0) is 4.79 Å². The average molecular weight is 423 g/mol. The van der Waals surface area contributed by atoms with Crippen LogP contribution >= 0.6 is 11.3 Å². The molecule has 1 aromatic carbocycles. The van der Waals surface area contributed by atoms with Gasteiger partial charge in [0.05, 0.1) is 0 Å². The number of benzene rings is 1. The number of nitrogens with zero attached hydrogens (tertiary/aromatic N) is 3. The predicted octanol–water partition coefficient (Wildman–Crippen LogP) is 2.69. The smallest absolute Gasteiger partial charge is 0.261 e. The fourth-order valence-corrected chi connectivity index (χ4v) is 4.02. The van der Waals surface area contributed by atoms with Crippen molar-refractivity contribution in [3.8, 4) is 11.3 Å². The van der Waals surface area contributed by atoms with Gasteiger partial charge in [-0.15, -0.1) is 10.2 Å². The summed E-state index contributed by atoms with van der Waals surface area (Å²) < 4.78 is 0. The van der Waals surface area contributed by atoms with E-state index < -0.39 is 5.56 Å². The Kier molecular flexibility index (Phi) is 5.71. The Morgan fingerprint density at radius 2 is 2.00 bits per heavy atom. The standard InChI is InChI=1S/C21H21N5O3S/c1-13-3-2-4-15(11-13)17-6-5-16(19(28)23-17)20(29)26-9-7-14(8-10-26)18(27)24-21-25-22-12-30-21/h2-6,11-12,14H,7-10H2,1H3,(H,23,28)(H,24,25,27). The highest BCUT2D eigenvalue weighted by Gasteiger charge is 2.29. The lowest BCUT2D eigenvalue weighted by molar-refractivity contribution is -0.121. The summed E-state index contributed by atoms with van der Waals surface area (Å²) >= 11 is 1.26. The Morgan fingerprint density at radius 3 is 2.67 bits per heavy atom. The number of carbonyl (C=O) groups is 2. The molecule has 0 saturated carbocycles. The van der Waals surface area contributed by atoms with Gasteiger partial charge in [0.1, 0.15) is 11.1 Å². The molecule has 1 aliphatic heterocycles. The number of H-pyrrole nitrogens is 1. The molecular weight excluding hydrogens is 402 g/mol. The van der Waals surface area contributed by atoms with Gasteiger partial charge in [-0.25, -0.2) is 0 Å². The van der Waals surface area contributed by atoms with E-state index in [1.807, 2.05) is 31.2 Å². The number of likely N-dealkylation sites (tertiary alicyclic amines) is 1. The van der Waals surface area contributed by atoms with Gasteiger partial charge in [-0.3, -0.25) is 14.4 Å². The van der Waals surface area contributed by atoms with Crippen molar-refractivity contribution in [3.05, 3.63) is 63.4 Å². The molecule has 3 heterocycles. The van der Waals surface area contributed by atoms with Crippen LogP contribution in [0.15, 0.2) is 46.7 Å². The summed E-state index contributed by atoms with van der Waals surface area (Å²) in [4.78, 5) is 42.2. The van der Waals surface area contributed by atoms with E-state index in [9.17, 15) is 14.4 Å². The molecule has 30 heavy (non-hydrogen) atoms. The Labute approximate surface area is 177 Å². The van der Waals surface area contributed by atoms with Crippen molar-refractivity contribution in [2.75, 3.05) is 18.4 Å². The van der Waals surface area contributed by atoms with Crippen LogP contribution in [-0.4, -0.2) is 45.0 Å². The number of hydrogen-bond acceptors (Lipinski definition) is 6. The molecule has 2 N–H and O–H groups in total. The third-order valence-electron chi connectivity index (χ3n) is 5.21. The third-order valence-corrected chi connectivity index (χ3v) is 5.82. The number of amides is 2. The number of aromatic amines is 1.